The Morgan fingerprint density at radius 3 is 2.50 bits per heavy atom. The van der Waals surface area contributed by atoms with Crippen LogP contribution in [0.4, 0.5) is 4.39 Å². The standard InChI is InChI=1S/C17H16FNO/c1-2-3-4-13-5-7-16(8-6-13)20-17-10-14(12-19)9-15(18)11-17/h5-11H,2-4H2,1H3. The first-order chi connectivity index (χ1) is 9.71. The van der Waals surface area contributed by atoms with E-state index in [9.17, 15) is 4.39 Å². The van der Waals surface area contributed by atoms with Gasteiger partial charge in [0, 0.05) is 6.07 Å². The summed E-state index contributed by atoms with van der Waals surface area (Å²) in [7, 11) is 0. The zero-order valence-electron chi connectivity index (χ0n) is 11.4. The van der Waals surface area contributed by atoms with Crippen LogP contribution in [0.1, 0.15) is 30.9 Å². The van der Waals surface area contributed by atoms with Gasteiger partial charge in [-0.2, -0.15) is 5.26 Å². The van der Waals surface area contributed by atoms with Gasteiger partial charge in [-0.15, -0.1) is 0 Å². The summed E-state index contributed by atoms with van der Waals surface area (Å²) in [6.45, 7) is 2.16. The van der Waals surface area contributed by atoms with E-state index in [1.165, 1.54) is 30.2 Å². The summed E-state index contributed by atoms with van der Waals surface area (Å²) in [5, 5.41) is 8.80. The lowest BCUT2D eigenvalue weighted by molar-refractivity contribution is 0.476. The van der Waals surface area contributed by atoms with E-state index in [0.717, 1.165) is 12.8 Å². The van der Waals surface area contributed by atoms with E-state index in [4.69, 9.17) is 10.00 Å². The molecule has 3 heteroatoms. The molecule has 0 spiro atoms. The molecule has 20 heavy (non-hydrogen) atoms. The molecule has 0 atom stereocenters. The number of aryl methyl sites for hydroxylation is 1. The third kappa shape index (κ3) is 3.83. The van der Waals surface area contributed by atoms with E-state index in [0.29, 0.717) is 11.5 Å². The highest BCUT2D eigenvalue weighted by Crippen LogP contribution is 2.24. The zero-order chi connectivity index (χ0) is 14.4. The first-order valence-corrected chi connectivity index (χ1v) is 6.68. The molecule has 0 aliphatic carbocycles. The van der Waals surface area contributed by atoms with Crippen molar-refractivity contribution in [1.82, 2.24) is 0 Å². The van der Waals surface area contributed by atoms with E-state index < -0.39 is 5.82 Å². The quantitative estimate of drug-likeness (QED) is 0.778. The summed E-state index contributed by atoms with van der Waals surface area (Å²) in [6, 6.07) is 13.6. The number of nitriles is 1. The molecule has 0 saturated carbocycles. The molecule has 0 aliphatic heterocycles. The highest BCUT2D eigenvalue weighted by atomic mass is 19.1. The molecule has 0 aliphatic rings. The van der Waals surface area contributed by atoms with Crippen LogP contribution in [-0.2, 0) is 6.42 Å². The third-order valence-electron chi connectivity index (χ3n) is 2.98. The molecule has 2 aromatic rings. The van der Waals surface area contributed by atoms with Gasteiger partial charge in [0.15, 0.2) is 0 Å². The molecule has 0 unspecified atom stereocenters. The van der Waals surface area contributed by atoms with Crippen LogP contribution < -0.4 is 4.74 Å². The molecule has 0 saturated heterocycles. The number of benzene rings is 2. The van der Waals surface area contributed by atoms with Gasteiger partial charge < -0.3 is 4.74 Å². The number of hydrogen-bond acceptors (Lipinski definition) is 2. The second kappa shape index (κ2) is 6.72. The summed E-state index contributed by atoms with van der Waals surface area (Å²) >= 11 is 0. The average molecular weight is 269 g/mol. The summed E-state index contributed by atoms with van der Waals surface area (Å²) < 4.78 is 18.9. The number of hydrogen-bond donors (Lipinski definition) is 0. The van der Waals surface area contributed by atoms with Crippen LogP contribution in [0.25, 0.3) is 0 Å². The lowest BCUT2D eigenvalue weighted by Gasteiger charge is -2.07. The molecule has 0 amide bonds. The first-order valence-electron chi connectivity index (χ1n) is 6.68. The van der Waals surface area contributed by atoms with Crippen molar-refractivity contribution in [3.63, 3.8) is 0 Å². The fraction of sp³-hybridized carbons (Fsp3) is 0.235. The minimum absolute atomic E-state index is 0.250. The molecule has 0 bridgehead atoms. The highest BCUT2D eigenvalue weighted by Gasteiger charge is 2.03. The van der Waals surface area contributed by atoms with Gasteiger partial charge in [0.2, 0.25) is 0 Å². The van der Waals surface area contributed by atoms with Crippen molar-refractivity contribution < 1.29 is 9.13 Å². The summed E-state index contributed by atoms with van der Waals surface area (Å²) in [6.07, 6.45) is 3.38. The maximum atomic E-state index is 13.3. The Morgan fingerprint density at radius 1 is 1.10 bits per heavy atom. The largest absolute Gasteiger partial charge is 0.457 e. The smallest absolute Gasteiger partial charge is 0.131 e. The molecular formula is C17H16FNO. The molecule has 2 rings (SSSR count). The molecule has 0 radical (unpaired) electrons. The number of halogens is 1. The molecule has 0 aromatic heterocycles. The Bertz CT molecular complexity index is 614. The van der Waals surface area contributed by atoms with Crippen molar-refractivity contribution in [2.75, 3.05) is 0 Å². The van der Waals surface area contributed by atoms with Gasteiger partial charge in [-0.05, 0) is 42.7 Å². The summed E-state index contributed by atoms with van der Waals surface area (Å²) in [4.78, 5) is 0. The Balaban J connectivity index is 2.10. The van der Waals surface area contributed by atoms with Gasteiger partial charge in [0.1, 0.15) is 17.3 Å². The van der Waals surface area contributed by atoms with Crippen molar-refractivity contribution in [3.8, 4) is 17.6 Å². The van der Waals surface area contributed by atoms with Crippen molar-refractivity contribution in [3.05, 3.63) is 59.4 Å². The zero-order valence-corrected chi connectivity index (χ0v) is 11.4. The lowest BCUT2D eigenvalue weighted by atomic mass is 10.1. The Morgan fingerprint density at radius 2 is 1.85 bits per heavy atom. The van der Waals surface area contributed by atoms with Gasteiger partial charge in [-0.25, -0.2) is 4.39 Å². The molecular weight excluding hydrogens is 253 g/mol. The molecule has 2 aromatic carbocycles. The van der Waals surface area contributed by atoms with Crippen LogP contribution in [0.3, 0.4) is 0 Å². The van der Waals surface area contributed by atoms with Crippen molar-refractivity contribution in [2.24, 2.45) is 0 Å². The topological polar surface area (TPSA) is 33.0 Å². The molecule has 0 fully saturated rings. The van der Waals surface area contributed by atoms with Gasteiger partial charge in [0.05, 0.1) is 11.6 Å². The number of ether oxygens (including phenoxy) is 1. The van der Waals surface area contributed by atoms with E-state index in [-0.39, 0.29) is 5.56 Å². The fourth-order valence-electron chi connectivity index (χ4n) is 1.93. The monoisotopic (exact) mass is 269 g/mol. The van der Waals surface area contributed by atoms with Crippen LogP contribution in [0.2, 0.25) is 0 Å². The predicted octanol–water partition coefficient (Wildman–Crippen LogP) is 4.83. The van der Waals surface area contributed by atoms with Crippen molar-refractivity contribution in [1.29, 1.82) is 5.26 Å². The summed E-state index contributed by atoms with van der Waals surface area (Å²) in [5.74, 6) is 0.501. The minimum Gasteiger partial charge on any atom is -0.457 e. The van der Waals surface area contributed by atoms with Gasteiger partial charge >= 0.3 is 0 Å². The molecule has 2 nitrogen and oxygen atoms in total. The third-order valence-corrected chi connectivity index (χ3v) is 2.98. The van der Waals surface area contributed by atoms with Crippen molar-refractivity contribution >= 4 is 0 Å². The maximum Gasteiger partial charge on any atom is 0.131 e. The second-order valence-corrected chi connectivity index (χ2v) is 4.64. The fourth-order valence-corrected chi connectivity index (χ4v) is 1.93. The van der Waals surface area contributed by atoms with E-state index in [1.54, 1.807) is 0 Å². The lowest BCUT2D eigenvalue weighted by Crippen LogP contribution is -1.89. The Kier molecular flexibility index (Phi) is 4.73. The number of nitrogens with zero attached hydrogens (tertiary/aromatic N) is 1. The average Bonchev–Trinajstić information content (AvgIpc) is 2.46. The summed E-state index contributed by atoms with van der Waals surface area (Å²) in [5.41, 5.74) is 1.51. The van der Waals surface area contributed by atoms with E-state index >= 15 is 0 Å². The second-order valence-electron chi connectivity index (χ2n) is 4.64. The highest BCUT2D eigenvalue weighted by molar-refractivity contribution is 5.40. The van der Waals surface area contributed by atoms with Gasteiger partial charge in [0.25, 0.3) is 0 Å². The van der Waals surface area contributed by atoms with Crippen LogP contribution in [0.15, 0.2) is 42.5 Å². The molecule has 0 heterocycles. The van der Waals surface area contributed by atoms with E-state index in [2.05, 4.69) is 6.92 Å². The van der Waals surface area contributed by atoms with Crippen LogP contribution in [0.5, 0.6) is 11.5 Å². The maximum absolute atomic E-state index is 13.3. The first kappa shape index (κ1) is 14.1. The van der Waals surface area contributed by atoms with Crippen molar-refractivity contribution in [2.45, 2.75) is 26.2 Å². The minimum atomic E-state index is -0.474. The van der Waals surface area contributed by atoms with Crippen LogP contribution in [0, 0.1) is 17.1 Å². The Labute approximate surface area is 118 Å². The van der Waals surface area contributed by atoms with Crippen LogP contribution >= 0.6 is 0 Å². The number of unbranched alkanes of at least 4 members (excludes halogenated alkanes) is 1. The Hall–Kier alpha value is -2.34. The molecule has 0 N–H and O–H groups in total. The van der Waals surface area contributed by atoms with Gasteiger partial charge in [-0.1, -0.05) is 25.5 Å². The normalized spacial score (nSPS) is 10.1. The number of rotatable bonds is 5. The molecule has 102 valence electrons. The SMILES string of the molecule is CCCCc1ccc(Oc2cc(F)cc(C#N)c2)cc1. The predicted molar refractivity (Wildman–Crippen MR) is 76.2 cm³/mol. The van der Waals surface area contributed by atoms with Crippen LogP contribution in [-0.4, -0.2) is 0 Å². The van der Waals surface area contributed by atoms with E-state index in [1.807, 2.05) is 30.3 Å². The van der Waals surface area contributed by atoms with Gasteiger partial charge in [-0.3, -0.25) is 0 Å².